The Morgan fingerprint density at radius 1 is 1.25 bits per heavy atom. The van der Waals surface area contributed by atoms with Crippen molar-refractivity contribution in [1.82, 2.24) is 20.3 Å². The predicted molar refractivity (Wildman–Crippen MR) is 93.1 cm³/mol. The topological polar surface area (TPSA) is 99.8 Å². The Kier molecular flexibility index (Phi) is 6.06. The summed E-state index contributed by atoms with van der Waals surface area (Å²) in [5.74, 6) is -0.0201. The average Bonchev–Trinajstić information content (AvgIpc) is 2.52. The largest absolute Gasteiger partial charge is 0.383 e. The van der Waals surface area contributed by atoms with Crippen LogP contribution in [0.1, 0.15) is 28.9 Å². The van der Waals surface area contributed by atoms with Crippen molar-refractivity contribution >= 4 is 11.6 Å². The van der Waals surface area contributed by atoms with Crippen LogP contribution in [0.15, 0.2) is 23.3 Å². The lowest BCUT2D eigenvalue weighted by atomic mass is 10.1. The van der Waals surface area contributed by atoms with Crippen molar-refractivity contribution in [2.75, 3.05) is 18.4 Å². The highest BCUT2D eigenvalue weighted by molar-refractivity contribution is 5.76. The van der Waals surface area contributed by atoms with Gasteiger partial charge < -0.3 is 15.6 Å². The highest BCUT2D eigenvalue weighted by Crippen LogP contribution is 2.11. The third kappa shape index (κ3) is 4.91. The van der Waals surface area contributed by atoms with Crippen molar-refractivity contribution < 1.29 is 4.79 Å². The van der Waals surface area contributed by atoms with Crippen molar-refractivity contribution in [3.63, 3.8) is 0 Å². The van der Waals surface area contributed by atoms with Gasteiger partial charge in [0.15, 0.2) is 0 Å². The first kappa shape index (κ1) is 17.7. The van der Waals surface area contributed by atoms with Gasteiger partial charge in [0.25, 0.3) is 0 Å². The van der Waals surface area contributed by atoms with E-state index in [1.165, 1.54) is 0 Å². The lowest BCUT2D eigenvalue weighted by molar-refractivity contribution is -0.120. The molecule has 0 bridgehead atoms. The predicted octanol–water partition coefficient (Wildman–Crippen LogP) is 1.25. The van der Waals surface area contributed by atoms with Crippen LogP contribution in [0.4, 0.5) is 5.69 Å². The molecule has 0 saturated carbocycles. The van der Waals surface area contributed by atoms with Crippen molar-refractivity contribution in [1.29, 1.82) is 0 Å². The van der Waals surface area contributed by atoms with Crippen LogP contribution >= 0.6 is 0 Å². The highest BCUT2D eigenvalue weighted by atomic mass is 16.1. The van der Waals surface area contributed by atoms with Crippen LogP contribution in [0, 0.1) is 20.8 Å². The number of rotatable bonds is 7. The molecule has 7 heteroatoms. The molecule has 0 aliphatic rings. The van der Waals surface area contributed by atoms with E-state index < -0.39 is 0 Å². The second-order valence-corrected chi connectivity index (χ2v) is 5.70. The Hall–Kier alpha value is -2.70. The molecule has 0 spiro atoms. The zero-order chi connectivity index (χ0) is 17.5. The SMILES string of the molecule is Cc1cnccc1NCCNC(=O)CCc1c(C)nc(=O)[nH]c1C. The van der Waals surface area contributed by atoms with Crippen LogP contribution in [-0.2, 0) is 11.2 Å². The zero-order valence-electron chi connectivity index (χ0n) is 14.3. The summed E-state index contributed by atoms with van der Waals surface area (Å²) in [6.07, 6.45) is 4.45. The van der Waals surface area contributed by atoms with Gasteiger partial charge in [-0.25, -0.2) is 4.79 Å². The van der Waals surface area contributed by atoms with Gasteiger partial charge in [-0.1, -0.05) is 0 Å². The summed E-state index contributed by atoms with van der Waals surface area (Å²) in [4.78, 5) is 33.8. The fourth-order valence-electron chi connectivity index (χ4n) is 2.52. The number of carbonyl (C=O) groups is 1. The number of hydrogen-bond donors (Lipinski definition) is 3. The average molecular weight is 329 g/mol. The molecule has 0 aliphatic carbocycles. The fraction of sp³-hybridized carbons (Fsp3) is 0.412. The van der Waals surface area contributed by atoms with Crippen LogP contribution in [0.25, 0.3) is 0 Å². The monoisotopic (exact) mass is 329 g/mol. The van der Waals surface area contributed by atoms with Gasteiger partial charge in [0.05, 0.1) is 0 Å². The first-order chi connectivity index (χ1) is 11.5. The molecule has 0 aliphatic heterocycles. The Balaban J connectivity index is 1.74. The van der Waals surface area contributed by atoms with E-state index >= 15 is 0 Å². The van der Waals surface area contributed by atoms with E-state index in [0.29, 0.717) is 31.6 Å². The maximum Gasteiger partial charge on any atom is 0.345 e. The summed E-state index contributed by atoms with van der Waals surface area (Å²) in [6.45, 7) is 6.79. The molecule has 7 nitrogen and oxygen atoms in total. The summed E-state index contributed by atoms with van der Waals surface area (Å²) in [5, 5.41) is 6.15. The molecule has 128 valence electrons. The van der Waals surface area contributed by atoms with Crippen LogP contribution in [0.3, 0.4) is 0 Å². The molecule has 24 heavy (non-hydrogen) atoms. The Labute approximate surface area is 140 Å². The van der Waals surface area contributed by atoms with Gasteiger partial charge in [0.2, 0.25) is 5.91 Å². The van der Waals surface area contributed by atoms with Crippen LogP contribution in [-0.4, -0.2) is 33.9 Å². The van der Waals surface area contributed by atoms with Gasteiger partial charge in [-0.3, -0.25) is 9.78 Å². The van der Waals surface area contributed by atoms with E-state index in [-0.39, 0.29) is 11.6 Å². The first-order valence-electron chi connectivity index (χ1n) is 7.95. The summed E-state index contributed by atoms with van der Waals surface area (Å²) in [7, 11) is 0. The molecule has 0 unspecified atom stereocenters. The van der Waals surface area contributed by atoms with Gasteiger partial charge >= 0.3 is 5.69 Å². The first-order valence-corrected chi connectivity index (χ1v) is 7.95. The van der Waals surface area contributed by atoms with Gasteiger partial charge in [-0.15, -0.1) is 0 Å². The second kappa shape index (κ2) is 8.24. The second-order valence-electron chi connectivity index (χ2n) is 5.70. The van der Waals surface area contributed by atoms with E-state index in [4.69, 9.17) is 0 Å². The lowest BCUT2D eigenvalue weighted by Crippen LogP contribution is -2.29. The summed E-state index contributed by atoms with van der Waals surface area (Å²) in [6, 6.07) is 1.91. The number of pyridine rings is 1. The van der Waals surface area contributed by atoms with Crippen molar-refractivity contribution in [2.24, 2.45) is 0 Å². The number of nitrogens with one attached hydrogen (secondary N) is 3. The highest BCUT2D eigenvalue weighted by Gasteiger charge is 2.08. The minimum absolute atomic E-state index is 0.0201. The molecule has 2 aromatic rings. The van der Waals surface area contributed by atoms with E-state index in [1.54, 1.807) is 19.3 Å². The number of hydrogen-bond acceptors (Lipinski definition) is 5. The molecule has 2 rings (SSSR count). The summed E-state index contributed by atoms with van der Waals surface area (Å²) < 4.78 is 0. The molecule has 2 heterocycles. The maximum absolute atomic E-state index is 11.9. The smallest absolute Gasteiger partial charge is 0.345 e. The molecular weight excluding hydrogens is 306 g/mol. The standard InChI is InChI=1S/C17H23N5O2/c1-11-10-18-7-6-15(11)19-8-9-20-16(23)5-4-14-12(2)21-17(24)22-13(14)3/h6-7,10H,4-5,8-9H2,1-3H3,(H,18,19)(H,20,23)(H,21,22,24). The maximum atomic E-state index is 11.9. The van der Waals surface area contributed by atoms with E-state index in [1.807, 2.05) is 19.9 Å². The van der Waals surface area contributed by atoms with Crippen LogP contribution < -0.4 is 16.3 Å². The number of anilines is 1. The zero-order valence-corrected chi connectivity index (χ0v) is 14.3. The van der Waals surface area contributed by atoms with E-state index in [2.05, 4.69) is 25.6 Å². The van der Waals surface area contributed by atoms with Gasteiger partial charge in [-0.2, -0.15) is 4.98 Å². The van der Waals surface area contributed by atoms with Crippen molar-refractivity contribution in [2.45, 2.75) is 33.6 Å². The third-order valence-electron chi connectivity index (χ3n) is 3.84. The summed E-state index contributed by atoms with van der Waals surface area (Å²) in [5.41, 5.74) is 4.12. The molecular formula is C17H23N5O2. The van der Waals surface area contributed by atoms with Gasteiger partial charge in [-0.05, 0) is 44.4 Å². The minimum Gasteiger partial charge on any atom is -0.383 e. The van der Waals surface area contributed by atoms with E-state index in [9.17, 15) is 9.59 Å². The van der Waals surface area contributed by atoms with Crippen molar-refractivity contribution in [3.8, 4) is 0 Å². The number of nitrogens with zero attached hydrogens (tertiary/aromatic N) is 2. The van der Waals surface area contributed by atoms with Crippen LogP contribution in [0.2, 0.25) is 0 Å². The molecule has 0 aromatic carbocycles. The molecule has 0 saturated heterocycles. The Morgan fingerprint density at radius 3 is 2.75 bits per heavy atom. The third-order valence-corrected chi connectivity index (χ3v) is 3.84. The number of amides is 1. The molecule has 1 amide bonds. The number of H-pyrrole nitrogens is 1. The fourth-order valence-corrected chi connectivity index (χ4v) is 2.52. The normalized spacial score (nSPS) is 10.5. The molecule has 3 N–H and O–H groups in total. The molecule has 0 fully saturated rings. The van der Waals surface area contributed by atoms with Gasteiger partial charge in [0.1, 0.15) is 0 Å². The Morgan fingerprint density at radius 2 is 2.04 bits per heavy atom. The molecule has 2 aromatic heterocycles. The van der Waals surface area contributed by atoms with Crippen LogP contribution in [0.5, 0.6) is 0 Å². The summed E-state index contributed by atoms with van der Waals surface area (Å²) >= 11 is 0. The van der Waals surface area contributed by atoms with Crippen molar-refractivity contribution in [3.05, 3.63) is 51.5 Å². The number of aromatic nitrogens is 3. The number of aryl methyl sites for hydroxylation is 3. The number of aromatic amines is 1. The molecule has 0 radical (unpaired) electrons. The van der Waals surface area contributed by atoms with E-state index in [0.717, 1.165) is 22.5 Å². The number of carbonyl (C=O) groups excluding carboxylic acids is 1. The Bertz CT molecular complexity index is 744. The van der Waals surface area contributed by atoms with Gasteiger partial charge in [0, 0.05) is 49.0 Å². The molecule has 0 atom stereocenters. The quantitative estimate of drug-likeness (QED) is 0.664. The minimum atomic E-state index is -0.351. The lowest BCUT2D eigenvalue weighted by Gasteiger charge is -2.11.